The van der Waals surface area contributed by atoms with E-state index in [4.69, 9.17) is 0 Å². The molecule has 0 atom stereocenters. The van der Waals surface area contributed by atoms with Gasteiger partial charge in [-0.15, -0.1) is 0 Å². The number of hydrogen-bond acceptors (Lipinski definition) is 3. The molecule has 0 heterocycles. The fraction of sp³-hybridized carbons (Fsp3) is 0.400. The van der Waals surface area contributed by atoms with Gasteiger partial charge in [0.1, 0.15) is 10.6 Å². The lowest BCUT2D eigenvalue weighted by Crippen LogP contribution is -2.08. The first-order chi connectivity index (χ1) is 11.9. The number of phenols is 1. The summed E-state index contributed by atoms with van der Waals surface area (Å²) in [7, 11) is -4.55. The second-order valence-electron chi connectivity index (χ2n) is 6.29. The molecule has 136 valence electrons. The van der Waals surface area contributed by atoms with Gasteiger partial charge in [-0.25, -0.2) is 0 Å². The molecule has 0 aliphatic heterocycles. The Kier molecular flexibility index (Phi) is 6.62. The van der Waals surface area contributed by atoms with Gasteiger partial charge in [-0.2, -0.15) is 8.42 Å². The molecule has 2 aromatic carbocycles. The summed E-state index contributed by atoms with van der Waals surface area (Å²) in [6.45, 7) is 4.17. The highest BCUT2D eigenvalue weighted by Crippen LogP contribution is 2.40. The molecule has 25 heavy (non-hydrogen) atoms. The molecule has 2 N–H and O–H groups in total. The number of unbranched alkanes of at least 4 members (excludes halogenated alkanes) is 2. The highest BCUT2D eigenvalue weighted by Gasteiger charge is 2.26. The zero-order chi connectivity index (χ0) is 18.4. The molecule has 2 aromatic rings. The Labute approximate surface area is 150 Å². The van der Waals surface area contributed by atoms with Gasteiger partial charge in [0.2, 0.25) is 0 Å². The summed E-state index contributed by atoms with van der Waals surface area (Å²) in [4.78, 5) is -0.384. The first kappa shape index (κ1) is 19.5. The predicted molar refractivity (Wildman–Crippen MR) is 101 cm³/mol. The number of benzene rings is 2. The minimum atomic E-state index is -4.55. The Morgan fingerprint density at radius 3 is 2.12 bits per heavy atom. The van der Waals surface area contributed by atoms with Crippen LogP contribution in [0.4, 0.5) is 0 Å². The summed E-state index contributed by atoms with van der Waals surface area (Å²) < 4.78 is 33.7. The summed E-state index contributed by atoms with van der Waals surface area (Å²) in [6, 6.07) is 10.6. The number of aromatic hydroxyl groups is 1. The molecule has 2 rings (SSSR count). The van der Waals surface area contributed by atoms with Gasteiger partial charge in [-0.05, 0) is 48.4 Å². The normalized spacial score (nSPS) is 11.6. The Balaban J connectivity index is 2.82. The molecule has 0 radical (unpaired) electrons. The second-order valence-corrected chi connectivity index (χ2v) is 7.64. The van der Waals surface area contributed by atoms with Crippen molar-refractivity contribution in [3.8, 4) is 16.9 Å². The average Bonchev–Trinajstić information content (AvgIpc) is 2.57. The molecule has 0 saturated carbocycles. The van der Waals surface area contributed by atoms with Crippen molar-refractivity contribution in [3.05, 3.63) is 47.5 Å². The number of hydrogen-bond donors (Lipinski definition) is 2. The third-order valence-electron chi connectivity index (χ3n) is 4.36. The summed E-state index contributed by atoms with van der Waals surface area (Å²) in [5.41, 5.74) is 2.99. The van der Waals surface area contributed by atoms with Gasteiger partial charge < -0.3 is 5.11 Å². The fourth-order valence-electron chi connectivity index (χ4n) is 3.14. The van der Waals surface area contributed by atoms with Crippen molar-refractivity contribution in [2.75, 3.05) is 0 Å². The lowest BCUT2D eigenvalue weighted by Gasteiger charge is -2.19. The van der Waals surface area contributed by atoms with Gasteiger partial charge in [0.25, 0.3) is 10.1 Å². The smallest absolute Gasteiger partial charge is 0.298 e. The van der Waals surface area contributed by atoms with Crippen LogP contribution in [0.3, 0.4) is 0 Å². The van der Waals surface area contributed by atoms with Crippen LogP contribution in [-0.2, 0) is 23.0 Å². The Bertz CT molecular complexity index is 811. The maximum atomic E-state index is 12.0. The second kappa shape index (κ2) is 8.50. The molecule has 0 aliphatic rings. The van der Waals surface area contributed by atoms with E-state index >= 15 is 0 Å². The standard InChI is InChI=1S/C20H26O4S/c1-3-5-10-16-14-18(21)20(25(22,23)24)19(17(16)13-6-4-2)15-11-8-7-9-12-15/h7-9,11-12,14,21H,3-6,10,13H2,1-2H3,(H,22,23,24). The Morgan fingerprint density at radius 2 is 1.56 bits per heavy atom. The summed E-state index contributed by atoms with van der Waals surface area (Å²) in [6.07, 6.45) is 5.34. The van der Waals surface area contributed by atoms with Crippen molar-refractivity contribution in [1.82, 2.24) is 0 Å². The van der Waals surface area contributed by atoms with Gasteiger partial charge in [0.15, 0.2) is 0 Å². The third-order valence-corrected chi connectivity index (χ3v) is 5.29. The molecule has 0 aromatic heterocycles. The van der Waals surface area contributed by atoms with E-state index in [1.807, 2.05) is 30.3 Å². The van der Waals surface area contributed by atoms with Crippen LogP contribution in [0.5, 0.6) is 5.75 Å². The van der Waals surface area contributed by atoms with Gasteiger partial charge in [-0.3, -0.25) is 4.55 Å². The van der Waals surface area contributed by atoms with Crippen molar-refractivity contribution in [2.24, 2.45) is 0 Å². The monoisotopic (exact) mass is 362 g/mol. The van der Waals surface area contributed by atoms with Crippen LogP contribution in [0.1, 0.15) is 50.7 Å². The zero-order valence-corrected chi connectivity index (χ0v) is 15.6. The lowest BCUT2D eigenvalue weighted by atomic mass is 9.89. The fourth-order valence-corrected chi connectivity index (χ4v) is 3.97. The van der Waals surface area contributed by atoms with Crippen LogP contribution in [0, 0.1) is 0 Å². The quantitative estimate of drug-likeness (QED) is 0.649. The zero-order valence-electron chi connectivity index (χ0n) is 14.8. The average molecular weight is 362 g/mol. The van der Waals surface area contributed by atoms with E-state index in [-0.39, 0.29) is 10.6 Å². The highest BCUT2D eigenvalue weighted by molar-refractivity contribution is 7.86. The molecule has 0 spiro atoms. The van der Waals surface area contributed by atoms with Gasteiger partial charge in [-0.1, -0.05) is 57.0 Å². The Morgan fingerprint density at radius 1 is 0.960 bits per heavy atom. The molecule has 0 bridgehead atoms. The first-order valence-electron chi connectivity index (χ1n) is 8.80. The molecule has 0 amide bonds. The number of phenolic OH excluding ortho intramolecular Hbond substituents is 1. The lowest BCUT2D eigenvalue weighted by molar-refractivity contribution is 0.442. The first-order valence-corrected chi connectivity index (χ1v) is 10.2. The van der Waals surface area contributed by atoms with Crippen molar-refractivity contribution in [2.45, 2.75) is 57.3 Å². The van der Waals surface area contributed by atoms with Crippen LogP contribution in [0.15, 0.2) is 41.3 Å². The Hall–Kier alpha value is -1.85. The largest absolute Gasteiger partial charge is 0.506 e. The van der Waals surface area contributed by atoms with E-state index in [0.29, 0.717) is 17.5 Å². The molecule has 4 nitrogen and oxygen atoms in total. The van der Waals surface area contributed by atoms with Crippen LogP contribution >= 0.6 is 0 Å². The van der Waals surface area contributed by atoms with E-state index in [0.717, 1.165) is 43.2 Å². The van der Waals surface area contributed by atoms with Crippen molar-refractivity contribution in [1.29, 1.82) is 0 Å². The van der Waals surface area contributed by atoms with Gasteiger partial charge in [0.05, 0.1) is 0 Å². The molecular weight excluding hydrogens is 336 g/mol. The molecule has 5 heteroatoms. The molecule has 0 saturated heterocycles. The van der Waals surface area contributed by atoms with Crippen LogP contribution in [0.25, 0.3) is 11.1 Å². The topological polar surface area (TPSA) is 74.6 Å². The summed E-state index contributed by atoms with van der Waals surface area (Å²) in [5, 5.41) is 10.4. The summed E-state index contributed by atoms with van der Waals surface area (Å²) in [5.74, 6) is -0.382. The van der Waals surface area contributed by atoms with E-state index < -0.39 is 10.1 Å². The molecule has 0 aliphatic carbocycles. The minimum absolute atomic E-state index is 0.382. The van der Waals surface area contributed by atoms with E-state index in [1.54, 1.807) is 0 Å². The SMILES string of the molecule is CCCCc1cc(O)c(S(=O)(=O)O)c(-c2ccccc2)c1CCCC. The highest BCUT2D eigenvalue weighted by atomic mass is 32.2. The maximum absolute atomic E-state index is 12.0. The van der Waals surface area contributed by atoms with E-state index in [9.17, 15) is 18.1 Å². The maximum Gasteiger partial charge on any atom is 0.298 e. The number of rotatable bonds is 8. The molecule has 0 unspecified atom stereocenters. The molecular formula is C20H26O4S. The van der Waals surface area contributed by atoms with E-state index in [2.05, 4.69) is 13.8 Å². The minimum Gasteiger partial charge on any atom is -0.506 e. The number of aryl methyl sites for hydroxylation is 1. The van der Waals surface area contributed by atoms with Crippen LogP contribution in [0.2, 0.25) is 0 Å². The van der Waals surface area contributed by atoms with Gasteiger partial charge in [0, 0.05) is 5.56 Å². The van der Waals surface area contributed by atoms with Crippen LogP contribution in [-0.4, -0.2) is 18.1 Å². The van der Waals surface area contributed by atoms with Crippen molar-refractivity contribution < 1.29 is 18.1 Å². The van der Waals surface area contributed by atoms with Crippen molar-refractivity contribution in [3.63, 3.8) is 0 Å². The molecule has 0 fully saturated rings. The third kappa shape index (κ3) is 4.61. The van der Waals surface area contributed by atoms with Gasteiger partial charge >= 0.3 is 0 Å². The van der Waals surface area contributed by atoms with Crippen molar-refractivity contribution >= 4 is 10.1 Å². The predicted octanol–water partition coefficient (Wildman–Crippen LogP) is 4.99. The summed E-state index contributed by atoms with van der Waals surface area (Å²) >= 11 is 0. The van der Waals surface area contributed by atoms with E-state index in [1.165, 1.54) is 6.07 Å². The van der Waals surface area contributed by atoms with Crippen LogP contribution < -0.4 is 0 Å².